The number of benzene rings is 1. The third-order valence-electron chi connectivity index (χ3n) is 9.19. The van der Waals surface area contributed by atoms with Gasteiger partial charge in [0.15, 0.2) is 5.82 Å². The molecule has 41 heavy (non-hydrogen) atoms. The summed E-state index contributed by atoms with van der Waals surface area (Å²) in [5, 5.41) is 0.654. The quantitative estimate of drug-likeness (QED) is 0.290. The lowest BCUT2D eigenvalue weighted by Crippen LogP contribution is -2.57. The van der Waals surface area contributed by atoms with Crippen LogP contribution < -0.4 is 9.64 Å². The molecule has 5 fully saturated rings. The topological polar surface area (TPSA) is 80.3 Å². The number of likely N-dealkylation sites (tertiary alicyclic amines) is 1. The molecule has 9 nitrogen and oxygen atoms in total. The third-order valence-corrected chi connectivity index (χ3v) is 11.6. The number of amides is 1. The van der Waals surface area contributed by atoms with E-state index in [2.05, 4.69) is 53.3 Å². The SMILES string of the molecule is CC(C)(C)OC(=O)N1C2CCC1CN(c1nc(OCC3(CN4C[C@@H]5C[C@H]4CO5)CC3)nc3c(F)c(Br)c(I)cc13)C2. The van der Waals surface area contributed by atoms with E-state index in [9.17, 15) is 4.79 Å². The summed E-state index contributed by atoms with van der Waals surface area (Å²) in [6.07, 6.45) is 5.25. The summed E-state index contributed by atoms with van der Waals surface area (Å²) in [4.78, 5) is 29.1. The van der Waals surface area contributed by atoms with Crippen LogP contribution in [0.15, 0.2) is 10.5 Å². The van der Waals surface area contributed by atoms with Gasteiger partial charge in [0, 0.05) is 46.6 Å². The van der Waals surface area contributed by atoms with Crippen molar-refractivity contribution >= 4 is 61.3 Å². The minimum Gasteiger partial charge on any atom is -0.463 e. The van der Waals surface area contributed by atoms with Crippen LogP contribution >= 0.6 is 38.5 Å². The number of hydrogen-bond acceptors (Lipinski definition) is 8. The molecule has 4 atom stereocenters. The van der Waals surface area contributed by atoms with Gasteiger partial charge in [-0.3, -0.25) is 9.80 Å². The number of hydrogen-bond donors (Lipinski definition) is 0. The van der Waals surface area contributed by atoms with E-state index in [-0.39, 0.29) is 35.1 Å². The molecule has 222 valence electrons. The van der Waals surface area contributed by atoms with E-state index >= 15 is 4.39 Å². The number of anilines is 1. The second-order valence-corrected chi connectivity index (χ2v) is 15.4. The number of morpholine rings is 1. The van der Waals surface area contributed by atoms with E-state index in [1.54, 1.807) is 0 Å². The fraction of sp³-hybridized carbons (Fsp3) is 0.690. The van der Waals surface area contributed by atoms with Gasteiger partial charge in [-0.1, -0.05) is 0 Å². The van der Waals surface area contributed by atoms with Gasteiger partial charge in [-0.05, 0) is 97.5 Å². The highest BCUT2D eigenvalue weighted by atomic mass is 127. The molecule has 0 spiro atoms. The van der Waals surface area contributed by atoms with Crippen LogP contribution in [0.4, 0.5) is 15.0 Å². The first kappa shape index (κ1) is 28.3. The highest BCUT2D eigenvalue weighted by molar-refractivity contribution is 14.1. The Hall–Kier alpha value is -1.51. The lowest BCUT2D eigenvalue weighted by Gasteiger charge is -2.42. The van der Waals surface area contributed by atoms with Crippen molar-refractivity contribution in [2.24, 2.45) is 5.41 Å². The first-order chi connectivity index (χ1) is 19.5. The summed E-state index contributed by atoms with van der Waals surface area (Å²) in [5.74, 6) is 0.249. The lowest BCUT2D eigenvalue weighted by atomic mass is 10.1. The number of carbonyl (C=O) groups excluding carboxylic acids is 1. The van der Waals surface area contributed by atoms with E-state index in [1.807, 2.05) is 31.7 Å². The highest BCUT2D eigenvalue weighted by Crippen LogP contribution is 2.48. The van der Waals surface area contributed by atoms with Gasteiger partial charge in [0.25, 0.3) is 0 Å². The number of piperazine rings is 1. The zero-order valence-corrected chi connectivity index (χ0v) is 27.4. The van der Waals surface area contributed by atoms with E-state index in [4.69, 9.17) is 19.2 Å². The van der Waals surface area contributed by atoms with Crippen molar-refractivity contribution in [2.75, 3.05) is 44.3 Å². The van der Waals surface area contributed by atoms with Crippen molar-refractivity contribution in [1.29, 1.82) is 0 Å². The minimum absolute atomic E-state index is 0.00635. The number of rotatable bonds is 6. The van der Waals surface area contributed by atoms with Gasteiger partial charge in [0.1, 0.15) is 16.9 Å². The minimum atomic E-state index is -0.550. The summed E-state index contributed by atoms with van der Waals surface area (Å²) in [6, 6.07) is 2.67. The zero-order valence-electron chi connectivity index (χ0n) is 23.7. The molecule has 2 unspecified atom stereocenters. The van der Waals surface area contributed by atoms with E-state index in [1.165, 1.54) is 0 Å². The normalized spacial score (nSPS) is 28.5. The van der Waals surface area contributed by atoms with Crippen molar-refractivity contribution in [1.82, 2.24) is 19.8 Å². The average Bonchev–Trinajstić information content (AvgIpc) is 3.20. The largest absolute Gasteiger partial charge is 0.463 e. The Labute approximate surface area is 261 Å². The van der Waals surface area contributed by atoms with Crippen molar-refractivity contribution in [3.8, 4) is 6.01 Å². The molecule has 0 radical (unpaired) electrons. The predicted molar refractivity (Wildman–Crippen MR) is 164 cm³/mol. The molecule has 12 heteroatoms. The molecule has 7 rings (SSSR count). The number of fused-ring (bicyclic) bond motifs is 5. The second-order valence-electron chi connectivity index (χ2n) is 13.5. The number of aromatic nitrogens is 2. The molecular weight excluding hydrogens is 708 g/mol. The van der Waals surface area contributed by atoms with Gasteiger partial charge in [-0.15, -0.1) is 0 Å². The molecule has 0 N–H and O–H groups in total. The Morgan fingerprint density at radius 3 is 2.54 bits per heavy atom. The van der Waals surface area contributed by atoms with Gasteiger partial charge < -0.3 is 19.1 Å². The standard InChI is InChI=1S/C29H36BrFIN5O4/c1-28(2,3)41-27(38)37-16-4-5-17(37)11-35(10-16)25-20-9-21(32)22(30)23(31)24(20)33-26(34-25)40-15-29(6-7-29)14-36-12-19-8-18(36)13-39-19/h9,16-19H,4-8,10-15H2,1-3H3/t16?,17?,18-,19-/m0/s1. The van der Waals surface area contributed by atoms with Crippen molar-refractivity contribution in [3.05, 3.63) is 19.9 Å². The monoisotopic (exact) mass is 743 g/mol. The molecule has 1 aromatic heterocycles. The van der Waals surface area contributed by atoms with Gasteiger partial charge in [0.2, 0.25) is 0 Å². The van der Waals surface area contributed by atoms with Gasteiger partial charge in [0.05, 0.1) is 35.9 Å². The van der Waals surface area contributed by atoms with Crippen LogP contribution in [0.3, 0.4) is 0 Å². The van der Waals surface area contributed by atoms with Crippen LogP contribution in [0.2, 0.25) is 0 Å². The molecule has 4 saturated heterocycles. The molecule has 2 aromatic rings. The number of carbonyl (C=O) groups is 1. The number of nitrogens with zero attached hydrogens (tertiary/aromatic N) is 5. The van der Waals surface area contributed by atoms with Crippen LogP contribution in [-0.2, 0) is 9.47 Å². The van der Waals surface area contributed by atoms with E-state index < -0.39 is 11.4 Å². The summed E-state index contributed by atoms with van der Waals surface area (Å²) in [6.45, 7) is 10.2. The second kappa shape index (κ2) is 10.3. The summed E-state index contributed by atoms with van der Waals surface area (Å²) in [7, 11) is 0. The smallest absolute Gasteiger partial charge is 0.410 e. The van der Waals surface area contributed by atoms with E-state index in [0.717, 1.165) is 55.4 Å². The number of ether oxygens (including phenoxy) is 3. The van der Waals surface area contributed by atoms with Crippen LogP contribution in [0, 0.1) is 14.8 Å². The van der Waals surface area contributed by atoms with E-state index in [0.29, 0.717) is 47.5 Å². The van der Waals surface area contributed by atoms with Crippen LogP contribution in [0.5, 0.6) is 6.01 Å². The first-order valence-electron chi connectivity index (χ1n) is 14.6. The Bertz CT molecular complexity index is 1370. The summed E-state index contributed by atoms with van der Waals surface area (Å²) in [5.41, 5.74) is -0.212. The molecule has 4 aliphatic heterocycles. The van der Waals surface area contributed by atoms with Crippen molar-refractivity contribution in [3.63, 3.8) is 0 Å². The van der Waals surface area contributed by atoms with Crippen LogP contribution in [-0.4, -0.2) is 95.1 Å². The highest BCUT2D eigenvalue weighted by Gasteiger charge is 2.50. The fourth-order valence-corrected chi connectivity index (χ4v) is 7.83. The maximum Gasteiger partial charge on any atom is 0.410 e. The Balaban J connectivity index is 1.15. The molecule has 1 aromatic carbocycles. The molecule has 5 heterocycles. The van der Waals surface area contributed by atoms with Gasteiger partial charge >= 0.3 is 12.1 Å². The maximum absolute atomic E-state index is 15.6. The zero-order chi connectivity index (χ0) is 28.7. The van der Waals surface area contributed by atoms with Gasteiger partial charge in [-0.2, -0.15) is 9.97 Å². The molecule has 1 aliphatic carbocycles. The van der Waals surface area contributed by atoms with Crippen molar-refractivity contribution < 1.29 is 23.4 Å². The van der Waals surface area contributed by atoms with Gasteiger partial charge in [-0.25, -0.2) is 9.18 Å². The Morgan fingerprint density at radius 2 is 1.93 bits per heavy atom. The van der Waals surface area contributed by atoms with Crippen LogP contribution in [0.25, 0.3) is 10.9 Å². The summed E-state index contributed by atoms with van der Waals surface area (Å²) < 4.78 is 34.6. The maximum atomic E-state index is 15.6. The van der Waals surface area contributed by atoms with Crippen LogP contribution in [0.1, 0.15) is 52.9 Å². The molecule has 5 aliphatic rings. The third kappa shape index (κ3) is 5.39. The number of halogens is 3. The predicted octanol–water partition coefficient (Wildman–Crippen LogP) is 5.36. The molecule has 1 amide bonds. The summed E-state index contributed by atoms with van der Waals surface area (Å²) >= 11 is 5.53. The lowest BCUT2D eigenvalue weighted by molar-refractivity contribution is 0.0123. The average molecular weight is 744 g/mol. The first-order valence-corrected chi connectivity index (χ1v) is 16.5. The fourth-order valence-electron chi connectivity index (χ4n) is 6.98. The molecule has 1 saturated carbocycles. The molecule has 4 bridgehead atoms. The van der Waals surface area contributed by atoms with Crippen molar-refractivity contribution in [2.45, 2.75) is 82.7 Å². The molecular formula is C29H36BrFIN5O4. The Kier molecular flexibility index (Phi) is 7.10. The Morgan fingerprint density at radius 1 is 1.20 bits per heavy atom.